The summed E-state index contributed by atoms with van der Waals surface area (Å²) in [6.07, 6.45) is 1.68. The Kier molecular flexibility index (Phi) is 3.00. The minimum absolute atomic E-state index is 0.0706. The van der Waals surface area contributed by atoms with Crippen LogP contribution in [0.3, 0.4) is 0 Å². The van der Waals surface area contributed by atoms with E-state index in [-0.39, 0.29) is 5.91 Å². The lowest BCUT2D eigenvalue weighted by molar-refractivity contribution is 0.0783. The lowest BCUT2D eigenvalue weighted by Crippen LogP contribution is -2.30. The summed E-state index contributed by atoms with van der Waals surface area (Å²) in [6, 6.07) is 1.92. The number of fused-ring (bicyclic) bond motifs is 1. The fourth-order valence-electron chi connectivity index (χ4n) is 2.84. The molecular weight excluding hydrogens is 252 g/mol. The fourth-order valence-corrected chi connectivity index (χ4v) is 2.84. The maximum absolute atomic E-state index is 12.7. The Morgan fingerprint density at radius 1 is 1.25 bits per heavy atom. The Balaban J connectivity index is 1.98. The van der Waals surface area contributed by atoms with Crippen molar-refractivity contribution in [3.05, 3.63) is 29.2 Å². The van der Waals surface area contributed by atoms with Crippen LogP contribution in [-0.4, -0.2) is 38.5 Å². The van der Waals surface area contributed by atoms with Crippen LogP contribution in [0.25, 0.3) is 5.65 Å². The topological polar surface area (TPSA) is 50.5 Å². The van der Waals surface area contributed by atoms with Crippen LogP contribution in [0.4, 0.5) is 0 Å². The van der Waals surface area contributed by atoms with Gasteiger partial charge in [-0.25, -0.2) is 9.50 Å². The molecule has 5 heteroatoms. The Hall–Kier alpha value is -1.91. The summed E-state index contributed by atoms with van der Waals surface area (Å²) >= 11 is 0. The predicted octanol–water partition coefficient (Wildman–Crippen LogP) is 2.07. The average Bonchev–Trinajstić information content (AvgIpc) is 2.93. The van der Waals surface area contributed by atoms with Crippen LogP contribution in [0.15, 0.2) is 12.3 Å². The number of nitrogens with zero attached hydrogens (tertiary/aromatic N) is 4. The average molecular weight is 272 g/mol. The highest BCUT2D eigenvalue weighted by molar-refractivity contribution is 5.95. The van der Waals surface area contributed by atoms with Crippen molar-refractivity contribution < 1.29 is 4.79 Å². The Morgan fingerprint density at radius 2 is 1.90 bits per heavy atom. The summed E-state index contributed by atoms with van der Waals surface area (Å²) in [5, 5.41) is 4.40. The number of hydrogen-bond donors (Lipinski definition) is 0. The highest BCUT2D eigenvalue weighted by atomic mass is 16.2. The molecule has 2 aromatic heterocycles. The molecule has 1 aliphatic heterocycles. The molecule has 1 saturated heterocycles. The van der Waals surface area contributed by atoms with E-state index in [2.05, 4.69) is 23.9 Å². The molecule has 0 radical (unpaired) electrons. The van der Waals surface area contributed by atoms with Gasteiger partial charge in [0.15, 0.2) is 5.65 Å². The van der Waals surface area contributed by atoms with Crippen molar-refractivity contribution in [2.24, 2.45) is 11.8 Å². The number of carbonyl (C=O) groups excluding carboxylic acids is 1. The molecule has 3 heterocycles. The van der Waals surface area contributed by atoms with E-state index in [1.807, 2.05) is 24.8 Å². The molecule has 0 spiro atoms. The molecule has 1 fully saturated rings. The van der Waals surface area contributed by atoms with Crippen LogP contribution < -0.4 is 0 Å². The van der Waals surface area contributed by atoms with E-state index in [0.717, 1.165) is 30.1 Å². The molecule has 20 heavy (non-hydrogen) atoms. The van der Waals surface area contributed by atoms with Crippen molar-refractivity contribution in [1.82, 2.24) is 19.5 Å². The molecule has 0 bridgehead atoms. The normalized spacial score (nSPS) is 22.7. The summed E-state index contributed by atoms with van der Waals surface area (Å²) in [7, 11) is 0. The molecule has 0 aliphatic carbocycles. The summed E-state index contributed by atoms with van der Waals surface area (Å²) in [4.78, 5) is 18.9. The molecule has 1 aliphatic rings. The van der Waals surface area contributed by atoms with Crippen molar-refractivity contribution >= 4 is 11.6 Å². The van der Waals surface area contributed by atoms with E-state index < -0.39 is 0 Å². The van der Waals surface area contributed by atoms with Gasteiger partial charge < -0.3 is 4.90 Å². The van der Waals surface area contributed by atoms with E-state index in [9.17, 15) is 4.79 Å². The molecule has 106 valence electrons. The summed E-state index contributed by atoms with van der Waals surface area (Å²) < 4.78 is 1.76. The third-order valence-corrected chi connectivity index (χ3v) is 4.35. The van der Waals surface area contributed by atoms with Crippen LogP contribution in [0.2, 0.25) is 0 Å². The Morgan fingerprint density at radius 3 is 2.55 bits per heavy atom. The molecule has 1 amide bonds. The second-order valence-electron chi connectivity index (χ2n) is 5.98. The van der Waals surface area contributed by atoms with Gasteiger partial charge in [-0.3, -0.25) is 4.79 Å². The first-order valence-corrected chi connectivity index (χ1v) is 7.08. The van der Waals surface area contributed by atoms with Crippen molar-refractivity contribution in [2.45, 2.75) is 27.7 Å². The minimum Gasteiger partial charge on any atom is -0.338 e. The van der Waals surface area contributed by atoms with Crippen LogP contribution in [0.5, 0.6) is 0 Å². The number of likely N-dealkylation sites (tertiary alicyclic amines) is 1. The molecule has 0 aromatic carbocycles. The second kappa shape index (κ2) is 4.58. The minimum atomic E-state index is 0.0706. The van der Waals surface area contributed by atoms with Crippen molar-refractivity contribution in [3.63, 3.8) is 0 Å². The van der Waals surface area contributed by atoms with Crippen LogP contribution in [-0.2, 0) is 0 Å². The largest absolute Gasteiger partial charge is 0.338 e. The number of rotatable bonds is 1. The number of carbonyl (C=O) groups is 1. The third kappa shape index (κ3) is 1.97. The maximum Gasteiger partial charge on any atom is 0.257 e. The lowest BCUT2D eigenvalue weighted by Gasteiger charge is -2.17. The van der Waals surface area contributed by atoms with Gasteiger partial charge in [0.25, 0.3) is 5.91 Å². The van der Waals surface area contributed by atoms with Crippen molar-refractivity contribution in [3.8, 4) is 0 Å². The van der Waals surface area contributed by atoms with Crippen LogP contribution >= 0.6 is 0 Å². The number of amides is 1. The van der Waals surface area contributed by atoms with Gasteiger partial charge in [-0.1, -0.05) is 13.8 Å². The third-order valence-electron chi connectivity index (χ3n) is 4.35. The van der Waals surface area contributed by atoms with Crippen molar-refractivity contribution in [2.75, 3.05) is 13.1 Å². The number of aromatic nitrogens is 3. The van der Waals surface area contributed by atoms with Gasteiger partial charge in [0, 0.05) is 25.4 Å². The molecule has 0 saturated carbocycles. The first kappa shape index (κ1) is 13.1. The molecule has 2 unspecified atom stereocenters. The van der Waals surface area contributed by atoms with Gasteiger partial charge >= 0.3 is 0 Å². The van der Waals surface area contributed by atoms with E-state index in [0.29, 0.717) is 17.4 Å². The SMILES string of the molecule is Cc1cc2ncc(C(=O)N3CC(C)C(C)C3)c(C)n2n1. The zero-order valence-corrected chi connectivity index (χ0v) is 12.4. The van der Waals surface area contributed by atoms with Gasteiger partial charge in [0.2, 0.25) is 0 Å². The maximum atomic E-state index is 12.7. The summed E-state index contributed by atoms with van der Waals surface area (Å²) in [6.45, 7) is 9.91. The molecular formula is C15H20N4O. The number of hydrogen-bond acceptors (Lipinski definition) is 3. The molecule has 2 atom stereocenters. The summed E-state index contributed by atoms with van der Waals surface area (Å²) in [5.74, 6) is 1.19. The van der Waals surface area contributed by atoms with Crippen molar-refractivity contribution in [1.29, 1.82) is 0 Å². The van der Waals surface area contributed by atoms with Gasteiger partial charge in [-0.15, -0.1) is 0 Å². The standard InChI is InChI=1S/C15H20N4O/c1-9-7-18(8-10(9)2)15(20)13-6-16-14-5-11(3)17-19(14)12(13)4/h5-6,9-10H,7-8H2,1-4H3. The van der Waals surface area contributed by atoms with Crippen LogP contribution in [0, 0.1) is 25.7 Å². The Bertz CT molecular complexity index is 666. The smallest absolute Gasteiger partial charge is 0.257 e. The van der Waals surface area contributed by atoms with E-state index >= 15 is 0 Å². The molecule has 3 rings (SSSR count). The van der Waals surface area contributed by atoms with Gasteiger partial charge in [0.1, 0.15) is 0 Å². The first-order valence-electron chi connectivity index (χ1n) is 7.08. The van der Waals surface area contributed by atoms with Gasteiger partial charge in [-0.2, -0.15) is 5.10 Å². The highest BCUT2D eigenvalue weighted by Crippen LogP contribution is 2.24. The predicted molar refractivity (Wildman–Crippen MR) is 76.7 cm³/mol. The zero-order chi connectivity index (χ0) is 14.4. The number of aryl methyl sites for hydroxylation is 2. The van der Waals surface area contributed by atoms with E-state index in [1.165, 1.54) is 0 Å². The van der Waals surface area contributed by atoms with Crippen LogP contribution in [0.1, 0.15) is 35.6 Å². The second-order valence-corrected chi connectivity index (χ2v) is 5.98. The quantitative estimate of drug-likeness (QED) is 0.798. The van der Waals surface area contributed by atoms with Gasteiger partial charge in [0.05, 0.1) is 17.0 Å². The molecule has 0 N–H and O–H groups in total. The monoisotopic (exact) mass is 272 g/mol. The fraction of sp³-hybridized carbons (Fsp3) is 0.533. The lowest BCUT2D eigenvalue weighted by atomic mass is 10.0. The summed E-state index contributed by atoms with van der Waals surface area (Å²) in [5.41, 5.74) is 3.22. The molecule has 5 nitrogen and oxygen atoms in total. The zero-order valence-electron chi connectivity index (χ0n) is 12.4. The van der Waals surface area contributed by atoms with E-state index in [4.69, 9.17) is 0 Å². The van der Waals surface area contributed by atoms with E-state index in [1.54, 1.807) is 10.7 Å². The molecule has 2 aromatic rings. The highest BCUT2D eigenvalue weighted by Gasteiger charge is 2.31. The Labute approximate surface area is 118 Å². The first-order chi connectivity index (χ1) is 9.47. The van der Waals surface area contributed by atoms with Gasteiger partial charge in [-0.05, 0) is 25.7 Å².